The molecule has 1 aliphatic rings. The van der Waals surface area contributed by atoms with Gasteiger partial charge in [0.15, 0.2) is 0 Å². The number of carboxylic acids is 1. The predicted molar refractivity (Wildman–Crippen MR) is 218 cm³/mol. The summed E-state index contributed by atoms with van der Waals surface area (Å²) >= 11 is 0. The van der Waals surface area contributed by atoms with Gasteiger partial charge in [-0.3, -0.25) is 14.4 Å². The number of carbonyl (C=O) groups is 6. The third kappa shape index (κ3) is 12.6. The maximum Gasteiger partial charge on any atom is 0.408 e. The Kier molecular flexibility index (Phi) is 15.0. The molecule has 1 fully saturated rings. The number of alkyl carbamates (subject to hydrolysis) is 1. The van der Waals surface area contributed by atoms with Gasteiger partial charge in [0.2, 0.25) is 17.7 Å². The van der Waals surface area contributed by atoms with Crippen molar-refractivity contribution in [2.45, 2.75) is 95.5 Å². The van der Waals surface area contributed by atoms with Crippen LogP contribution in [0, 0.1) is 0 Å². The number of carbonyl (C=O) groups excluding carboxylic acids is 5. The van der Waals surface area contributed by atoms with Gasteiger partial charge in [-0.2, -0.15) is 0 Å². The number of unbranched alkanes of at least 4 members (excludes halogenated alkanes) is 1. The minimum absolute atomic E-state index is 0.0325. The number of rotatable bonds is 17. The zero-order chi connectivity index (χ0) is 41.7. The SMILES string of the molecule is CC(C)(C)OC(=O)N[C@@H](CCCCOC(=O)c1ccccc1)C(=O)N[C@H](Cc1ccc2ccccc2c1)C(=O)N[C@@H](Cc1ccccc1)C(=O)N1CCC[C@@H]1C(=O)O. The molecule has 0 radical (unpaired) electrons. The van der Waals surface area contributed by atoms with Crippen molar-refractivity contribution in [1.82, 2.24) is 20.9 Å². The summed E-state index contributed by atoms with van der Waals surface area (Å²) in [4.78, 5) is 81.4. The van der Waals surface area contributed by atoms with Crippen molar-refractivity contribution >= 4 is 46.5 Å². The first-order valence-electron chi connectivity index (χ1n) is 19.6. The number of benzene rings is 4. The van der Waals surface area contributed by atoms with E-state index in [9.17, 15) is 33.9 Å². The number of carboxylic acid groups (broad SMARTS) is 1. The highest BCUT2D eigenvalue weighted by molar-refractivity contribution is 5.95. The Morgan fingerprint density at radius 1 is 0.724 bits per heavy atom. The maximum atomic E-state index is 14.4. The number of amides is 4. The zero-order valence-electron chi connectivity index (χ0n) is 33.1. The Balaban J connectivity index is 1.37. The van der Waals surface area contributed by atoms with Gasteiger partial charge in [0.1, 0.15) is 29.8 Å². The third-order valence-corrected chi connectivity index (χ3v) is 9.74. The maximum absolute atomic E-state index is 14.4. The lowest BCUT2D eigenvalue weighted by atomic mass is 9.99. The van der Waals surface area contributed by atoms with E-state index in [1.54, 1.807) is 51.1 Å². The largest absolute Gasteiger partial charge is 0.480 e. The number of hydrogen-bond acceptors (Lipinski definition) is 8. The Bertz CT molecular complexity index is 2050. The van der Waals surface area contributed by atoms with Crippen molar-refractivity contribution in [3.8, 4) is 0 Å². The van der Waals surface area contributed by atoms with Gasteiger partial charge in [-0.25, -0.2) is 14.4 Å². The number of nitrogens with zero attached hydrogens (tertiary/aromatic N) is 1. The number of nitrogens with one attached hydrogen (secondary N) is 3. The highest BCUT2D eigenvalue weighted by Crippen LogP contribution is 2.21. The van der Waals surface area contributed by atoms with E-state index in [0.717, 1.165) is 21.9 Å². The Morgan fingerprint density at radius 3 is 2.03 bits per heavy atom. The predicted octanol–water partition coefficient (Wildman–Crippen LogP) is 5.59. The minimum atomic E-state index is -1.22. The first kappa shape index (κ1) is 42.9. The van der Waals surface area contributed by atoms with Crippen LogP contribution in [0.4, 0.5) is 4.79 Å². The zero-order valence-corrected chi connectivity index (χ0v) is 33.1. The van der Waals surface area contributed by atoms with E-state index in [2.05, 4.69) is 16.0 Å². The van der Waals surface area contributed by atoms with Crippen LogP contribution in [-0.4, -0.2) is 88.7 Å². The summed E-state index contributed by atoms with van der Waals surface area (Å²) in [5.74, 6) is -3.45. The quantitative estimate of drug-likeness (QED) is 0.0783. The topological polar surface area (TPSA) is 180 Å². The van der Waals surface area contributed by atoms with Gasteiger partial charge in [0.25, 0.3) is 0 Å². The molecular weight excluding hydrogens is 741 g/mol. The molecule has 1 heterocycles. The lowest BCUT2D eigenvalue weighted by Crippen LogP contribution is -2.58. The number of likely N-dealkylation sites (tertiary alicyclic amines) is 1. The van der Waals surface area contributed by atoms with E-state index in [1.165, 1.54) is 4.90 Å². The second-order valence-electron chi connectivity index (χ2n) is 15.4. The van der Waals surface area contributed by atoms with Gasteiger partial charge in [-0.15, -0.1) is 0 Å². The first-order valence-corrected chi connectivity index (χ1v) is 19.6. The summed E-state index contributed by atoms with van der Waals surface area (Å²) < 4.78 is 10.9. The summed E-state index contributed by atoms with van der Waals surface area (Å²) in [7, 11) is 0. The molecule has 4 aromatic carbocycles. The van der Waals surface area contributed by atoms with E-state index in [-0.39, 0.29) is 32.4 Å². The van der Waals surface area contributed by atoms with Crippen LogP contribution >= 0.6 is 0 Å². The number of fused-ring (bicyclic) bond motifs is 1. The van der Waals surface area contributed by atoms with E-state index in [4.69, 9.17) is 9.47 Å². The van der Waals surface area contributed by atoms with Crippen LogP contribution in [0.3, 0.4) is 0 Å². The second kappa shape index (κ2) is 20.3. The number of ether oxygens (including phenoxy) is 2. The van der Waals surface area contributed by atoms with Crippen molar-refractivity contribution in [2.24, 2.45) is 0 Å². The molecule has 13 nitrogen and oxygen atoms in total. The average molecular weight is 793 g/mol. The van der Waals surface area contributed by atoms with Crippen molar-refractivity contribution in [1.29, 1.82) is 0 Å². The molecule has 4 N–H and O–H groups in total. The molecule has 0 bridgehead atoms. The van der Waals surface area contributed by atoms with Gasteiger partial charge in [-0.05, 0) is 86.9 Å². The lowest BCUT2D eigenvalue weighted by molar-refractivity contribution is -0.149. The normalized spacial score (nSPS) is 15.4. The van der Waals surface area contributed by atoms with E-state index < -0.39 is 65.5 Å². The average Bonchev–Trinajstić information content (AvgIpc) is 3.70. The molecule has 1 aliphatic heterocycles. The molecule has 0 saturated carbocycles. The van der Waals surface area contributed by atoms with Crippen LogP contribution in [0.5, 0.6) is 0 Å². The van der Waals surface area contributed by atoms with Crippen LogP contribution in [0.2, 0.25) is 0 Å². The standard InChI is InChI=1S/C45H52N4O9/c1-45(2,3)58-44(56)48-35(21-12-13-26-57-43(55)33-18-8-5-9-19-33)39(50)46-36(29-31-23-24-32-17-10-11-20-34(32)27-31)40(51)47-37(28-30-15-6-4-7-16-30)41(52)49-25-14-22-38(49)42(53)54/h4-11,15-20,23-24,27,35-38H,12-14,21-22,25-26,28-29H2,1-3H3,(H,46,50)(H,47,51)(H,48,56)(H,53,54)/t35-,36+,37-,38+/m0/s1. The lowest BCUT2D eigenvalue weighted by Gasteiger charge is -2.29. The molecule has 0 spiro atoms. The molecule has 0 unspecified atom stereocenters. The Morgan fingerprint density at radius 2 is 1.34 bits per heavy atom. The molecule has 5 rings (SSSR count). The van der Waals surface area contributed by atoms with Crippen LogP contribution in [0.15, 0.2) is 103 Å². The molecule has 306 valence electrons. The van der Waals surface area contributed by atoms with Gasteiger partial charge >= 0.3 is 18.0 Å². The molecule has 4 aromatic rings. The van der Waals surface area contributed by atoms with Crippen LogP contribution in [0.1, 0.15) is 74.4 Å². The fraction of sp³-hybridized carbons (Fsp3) is 0.378. The molecule has 4 atom stereocenters. The van der Waals surface area contributed by atoms with Gasteiger partial charge in [0.05, 0.1) is 12.2 Å². The summed E-state index contributed by atoms with van der Waals surface area (Å²) in [5.41, 5.74) is 1.03. The third-order valence-electron chi connectivity index (χ3n) is 9.74. The highest BCUT2D eigenvalue weighted by atomic mass is 16.6. The summed E-state index contributed by atoms with van der Waals surface area (Å²) in [6.45, 7) is 5.40. The molecule has 58 heavy (non-hydrogen) atoms. The highest BCUT2D eigenvalue weighted by Gasteiger charge is 2.39. The van der Waals surface area contributed by atoms with Crippen molar-refractivity contribution in [2.75, 3.05) is 13.2 Å². The molecule has 0 aliphatic carbocycles. The van der Waals surface area contributed by atoms with Crippen LogP contribution in [0.25, 0.3) is 10.8 Å². The number of hydrogen-bond donors (Lipinski definition) is 4. The van der Waals surface area contributed by atoms with E-state index in [0.29, 0.717) is 31.2 Å². The van der Waals surface area contributed by atoms with Crippen LogP contribution < -0.4 is 16.0 Å². The second-order valence-corrected chi connectivity index (χ2v) is 15.4. The minimum Gasteiger partial charge on any atom is -0.480 e. The monoisotopic (exact) mass is 792 g/mol. The van der Waals surface area contributed by atoms with E-state index >= 15 is 0 Å². The molecular formula is C45H52N4O9. The van der Waals surface area contributed by atoms with Gasteiger partial charge < -0.3 is 35.4 Å². The summed E-state index contributed by atoms with van der Waals surface area (Å²) in [6.07, 6.45) is 0.978. The fourth-order valence-electron chi connectivity index (χ4n) is 6.88. The molecule has 1 saturated heterocycles. The molecule has 4 amide bonds. The van der Waals surface area contributed by atoms with Gasteiger partial charge in [0, 0.05) is 19.4 Å². The number of esters is 1. The van der Waals surface area contributed by atoms with Crippen molar-refractivity contribution < 1.29 is 43.3 Å². The fourth-order valence-corrected chi connectivity index (χ4v) is 6.88. The summed E-state index contributed by atoms with van der Waals surface area (Å²) in [6, 6.07) is 26.5. The van der Waals surface area contributed by atoms with E-state index in [1.807, 2.05) is 72.8 Å². The van der Waals surface area contributed by atoms with Gasteiger partial charge in [-0.1, -0.05) is 91.0 Å². The number of aliphatic carboxylic acids is 1. The summed E-state index contributed by atoms with van der Waals surface area (Å²) in [5, 5.41) is 20.1. The Labute approximate surface area is 338 Å². The molecule has 0 aromatic heterocycles. The molecule has 13 heteroatoms. The smallest absolute Gasteiger partial charge is 0.408 e. The first-order chi connectivity index (χ1) is 27.8. The Hall–Kier alpha value is -6.24. The van der Waals surface area contributed by atoms with Crippen LogP contribution in [-0.2, 0) is 41.5 Å². The van der Waals surface area contributed by atoms with Crippen molar-refractivity contribution in [3.05, 3.63) is 120 Å². The van der Waals surface area contributed by atoms with Crippen molar-refractivity contribution in [3.63, 3.8) is 0 Å².